The van der Waals surface area contributed by atoms with Crippen LogP contribution < -0.4 is 5.73 Å². The number of ether oxygens (including phenoxy) is 1. The number of hydrogen-bond donors (Lipinski definition) is 1. The van der Waals surface area contributed by atoms with E-state index in [1.54, 1.807) is 13.0 Å². The Morgan fingerprint density at radius 3 is 3.06 bits per heavy atom. The Balaban J connectivity index is 2.59. The molecule has 0 fully saturated rings. The smallest absolute Gasteiger partial charge is 0.435 e. The van der Waals surface area contributed by atoms with Gasteiger partial charge in [-0.25, -0.2) is 4.79 Å². The highest BCUT2D eigenvalue weighted by molar-refractivity contribution is 9.10. The number of anilines is 1. The topological polar surface area (TPSA) is 70.1 Å². The van der Waals surface area contributed by atoms with Gasteiger partial charge < -0.3 is 10.5 Å². The van der Waals surface area contributed by atoms with Crippen molar-refractivity contribution in [3.8, 4) is 0 Å². The third-order valence-corrected chi connectivity index (χ3v) is 2.60. The highest BCUT2D eigenvalue weighted by Gasteiger charge is 2.14. The summed E-state index contributed by atoms with van der Waals surface area (Å²) in [4.78, 5) is 11.6. The van der Waals surface area contributed by atoms with Crippen molar-refractivity contribution >= 4 is 38.7 Å². The molecule has 2 N–H and O–H groups in total. The molecular weight excluding hydrogens is 274 g/mol. The van der Waals surface area contributed by atoms with Crippen LogP contribution in [0, 0.1) is 0 Å². The molecule has 5 nitrogen and oxygen atoms in total. The molecule has 0 saturated carbocycles. The highest BCUT2D eigenvalue weighted by Crippen LogP contribution is 2.24. The molecule has 0 atom stereocenters. The van der Waals surface area contributed by atoms with Crippen molar-refractivity contribution in [2.75, 3.05) is 12.3 Å². The first kappa shape index (κ1) is 10.9. The van der Waals surface area contributed by atoms with Gasteiger partial charge in [-0.3, -0.25) is 0 Å². The minimum absolute atomic E-state index is 0.302. The van der Waals surface area contributed by atoms with E-state index in [1.807, 2.05) is 12.1 Å². The zero-order valence-electron chi connectivity index (χ0n) is 8.61. The Hall–Kier alpha value is -1.56. The summed E-state index contributed by atoms with van der Waals surface area (Å²) in [5.74, 6) is 0.310. The first-order valence-corrected chi connectivity index (χ1v) is 5.53. The van der Waals surface area contributed by atoms with Crippen molar-refractivity contribution in [3.05, 3.63) is 22.7 Å². The minimum atomic E-state index is -0.522. The van der Waals surface area contributed by atoms with Gasteiger partial charge in [0, 0.05) is 9.86 Å². The van der Waals surface area contributed by atoms with E-state index < -0.39 is 6.09 Å². The molecule has 2 rings (SSSR count). The summed E-state index contributed by atoms with van der Waals surface area (Å²) in [7, 11) is 0. The molecule has 1 aromatic carbocycles. The summed E-state index contributed by atoms with van der Waals surface area (Å²) in [6.07, 6.45) is -0.522. The first-order valence-electron chi connectivity index (χ1n) is 4.74. The molecule has 0 aliphatic carbocycles. The maximum atomic E-state index is 11.6. The summed E-state index contributed by atoms with van der Waals surface area (Å²) in [5.41, 5.74) is 6.36. The van der Waals surface area contributed by atoms with Crippen molar-refractivity contribution in [1.82, 2.24) is 9.78 Å². The van der Waals surface area contributed by atoms with Crippen LogP contribution in [0.2, 0.25) is 0 Å². The molecule has 1 aromatic heterocycles. The van der Waals surface area contributed by atoms with Gasteiger partial charge in [0.15, 0.2) is 5.82 Å². The minimum Gasteiger partial charge on any atom is -0.448 e. The maximum absolute atomic E-state index is 11.6. The van der Waals surface area contributed by atoms with Crippen molar-refractivity contribution < 1.29 is 9.53 Å². The number of carbonyl (C=O) groups is 1. The fourth-order valence-corrected chi connectivity index (χ4v) is 1.80. The van der Waals surface area contributed by atoms with Gasteiger partial charge in [0.05, 0.1) is 12.1 Å². The lowest BCUT2D eigenvalue weighted by atomic mass is 10.2. The molecule has 0 aliphatic heterocycles. The van der Waals surface area contributed by atoms with Gasteiger partial charge in [0.25, 0.3) is 0 Å². The predicted octanol–water partition coefficient (Wildman–Crippen LogP) is 2.39. The zero-order chi connectivity index (χ0) is 11.7. The third-order valence-electron chi connectivity index (χ3n) is 2.11. The molecule has 1 heterocycles. The fraction of sp³-hybridized carbons (Fsp3) is 0.200. The van der Waals surface area contributed by atoms with Gasteiger partial charge in [-0.05, 0) is 25.1 Å². The molecular formula is C10H10BrN3O2. The van der Waals surface area contributed by atoms with E-state index in [0.717, 1.165) is 9.86 Å². The molecule has 0 saturated heterocycles. The molecule has 6 heteroatoms. The van der Waals surface area contributed by atoms with Gasteiger partial charge in [-0.2, -0.15) is 4.68 Å². The highest BCUT2D eigenvalue weighted by atomic mass is 79.9. The fourth-order valence-electron chi connectivity index (χ4n) is 1.44. The molecule has 0 bridgehead atoms. The van der Waals surface area contributed by atoms with Crippen molar-refractivity contribution in [1.29, 1.82) is 0 Å². The first-order chi connectivity index (χ1) is 7.63. The summed E-state index contributed by atoms with van der Waals surface area (Å²) < 4.78 is 6.93. The van der Waals surface area contributed by atoms with Crippen molar-refractivity contribution in [2.24, 2.45) is 0 Å². The Bertz CT molecular complexity index is 550. The SMILES string of the molecule is CCOC(=O)n1nc(N)c2cc(Br)ccc21. The average molecular weight is 284 g/mol. The number of carbonyl (C=O) groups excluding carboxylic acids is 1. The maximum Gasteiger partial charge on any atom is 0.435 e. The number of benzene rings is 1. The standard InChI is InChI=1S/C10H10BrN3O2/c1-2-16-10(15)14-8-4-3-6(11)5-7(8)9(12)13-14/h3-5H,2H2,1H3,(H2,12,13). The summed E-state index contributed by atoms with van der Waals surface area (Å²) in [6, 6.07) is 5.40. The molecule has 0 spiro atoms. The predicted molar refractivity (Wildman–Crippen MR) is 64.3 cm³/mol. The van der Waals surface area contributed by atoms with Crippen LogP contribution in [0.4, 0.5) is 10.6 Å². The van der Waals surface area contributed by atoms with Gasteiger partial charge in [-0.1, -0.05) is 15.9 Å². The summed E-state index contributed by atoms with van der Waals surface area (Å²) >= 11 is 3.33. The Kier molecular flexibility index (Phi) is 2.82. The van der Waals surface area contributed by atoms with Crippen LogP contribution in [0.3, 0.4) is 0 Å². The second-order valence-corrected chi connectivity index (χ2v) is 4.07. The van der Waals surface area contributed by atoms with Crippen LogP contribution >= 0.6 is 15.9 Å². The molecule has 2 aromatic rings. The quantitative estimate of drug-likeness (QED) is 0.872. The van der Waals surface area contributed by atoms with Gasteiger partial charge in [0.1, 0.15) is 0 Å². The van der Waals surface area contributed by atoms with Crippen LogP contribution in [0.25, 0.3) is 10.9 Å². The molecule has 0 aliphatic rings. The number of rotatable bonds is 1. The van der Waals surface area contributed by atoms with Crippen molar-refractivity contribution in [3.63, 3.8) is 0 Å². The van der Waals surface area contributed by atoms with E-state index in [2.05, 4.69) is 21.0 Å². The van der Waals surface area contributed by atoms with Gasteiger partial charge >= 0.3 is 6.09 Å². The molecule has 16 heavy (non-hydrogen) atoms. The Labute approximate surface area is 100 Å². The second kappa shape index (κ2) is 4.13. The van der Waals surface area contributed by atoms with Gasteiger partial charge in [0.2, 0.25) is 0 Å². The lowest BCUT2D eigenvalue weighted by Gasteiger charge is -2.01. The number of nitrogen functional groups attached to an aromatic ring is 1. The second-order valence-electron chi connectivity index (χ2n) is 3.16. The number of fused-ring (bicyclic) bond motifs is 1. The van der Waals surface area contributed by atoms with E-state index in [-0.39, 0.29) is 0 Å². The van der Waals surface area contributed by atoms with Crippen molar-refractivity contribution in [2.45, 2.75) is 6.92 Å². The molecule has 0 amide bonds. The number of halogens is 1. The normalized spacial score (nSPS) is 10.6. The van der Waals surface area contributed by atoms with Crippen LogP contribution in [0.1, 0.15) is 6.92 Å². The van der Waals surface area contributed by atoms with E-state index in [4.69, 9.17) is 10.5 Å². The van der Waals surface area contributed by atoms with Crippen LogP contribution in [-0.4, -0.2) is 22.5 Å². The third kappa shape index (κ3) is 1.76. The average Bonchev–Trinajstić information content (AvgIpc) is 2.56. The van der Waals surface area contributed by atoms with E-state index >= 15 is 0 Å². The van der Waals surface area contributed by atoms with Crippen LogP contribution in [-0.2, 0) is 4.74 Å². The number of hydrogen-bond acceptors (Lipinski definition) is 4. The number of aromatic nitrogens is 2. The Morgan fingerprint density at radius 2 is 2.38 bits per heavy atom. The Morgan fingerprint density at radius 1 is 1.62 bits per heavy atom. The molecule has 0 radical (unpaired) electrons. The molecule has 0 unspecified atom stereocenters. The number of nitrogens with two attached hydrogens (primary N) is 1. The van der Waals surface area contributed by atoms with E-state index in [9.17, 15) is 4.79 Å². The van der Waals surface area contributed by atoms with Crippen LogP contribution in [0.15, 0.2) is 22.7 Å². The van der Waals surface area contributed by atoms with E-state index in [0.29, 0.717) is 17.9 Å². The van der Waals surface area contributed by atoms with Gasteiger partial charge in [-0.15, -0.1) is 5.10 Å². The molecule has 84 valence electrons. The lowest BCUT2D eigenvalue weighted by Crippen LogP contribution is -2.14. The summed E-state index contributed by atoms with van der Waals surface area (Å²) in [5, 5.41) is 4.67. The monoisotopic (exact) mass is 283 g/mol. The lowest BCUT2D eigenvalue weighted by molar-refractivity contribution is 0.151. The van der Waals surface area contributed by atoms with Crippen LogP contribution in [0.5, 0.6) is 0 Å². The van der Waals surface area contributed by atoms with E-state index in [1.165, 1.54) is 4.68 Å². The number of nitrogens with zero attached hydrogens (tertiary/aromatic N) is 2. The largest absolute Gasteiger partial charge is 0.448 e. The summed E-state index contributed by atoms with van der Waals surface area (Å²) in [6.45, 7) is 2.04. The zero-order valence-corrected chi connectivity index (χ0v) is 10.2.